The van der Waals surface area contributed by atoms with Crippen LogP contribution in [0, 0.1) is 20.2 Å². The molecule has 9 heteroatoms. The fraction of sp³-hybridized carbons (Fsp3) is 0.0625. The molecule has 0 atom stereocenters. The van der Waals surface area contributed by atoms with Crippen molar-refractivity contribution in [1.82, 2.24) is 4.98 Å². The minimum absolute atomic E-state index is 0.0559. The van der Waals surface area contributed by atoms with Gasteiger partial charge in [0.15, 0.2) is 11.5 Å². The Morgan fingerprint density at radius 2 is 1.72 bits per heavy atom. The summed E-state index contributed by atoms with van der Waals surface area (Å²) in [5.74, 6) is 0.543. The normalized spacial score (nSPS) is 12.3. The summed E-state index contributed by atoms with van der Waals surface area (Å²) < 4.78 is 10.4. The molecule has 2 heterocycles. The lowest BCUT2D eigenvalue weighted by Gasteiger charge is -2.08. The van der Waals surface area contributed by atoms with Crippen molar-refractivity contribution in [3.63, 3.8) is 0 Å². The Labute approximate surface area is 139 Å². The lowest BCUT2D eigenvalue weighted by Crippen LogP contribution is -1.98. The Morgan fingerprint density at radius 1 is 0.960 bits per heavy atom. The van der Waals surface area contributed by atoms with Crippen molar-refractivity contribution in [2.45, 2.75) is 0 Å². The first-order chi connectivity index (χ1) is 12.1. The zero-order valence-electron chi connectivity index (χ0n) is 12.5. The molecule has 0 fully saturated rings. The van der Waals surface area contributed by atoms with E-state index in [0.717, 1.165) is 0 Å². The topological polar surface area (TPSA) is 118 Å². The molecule has 1 aliphatic rings. The van der Waals surface area contributed by atoms with Gasteiger partial charge in [0.25, 0.3) is 11.4 Å². The van der Waals surface area contributed by atoms with Crippen LogP contribution in [-0.4, -0.2) is 21.6 Å². The van der Waals surface area contributed by atoms with Gasteiger partial charge in [-0.15, -0.1) is 0 Å². The SMILES string of the molecule is O=[N+]([O-])c1cc2c(cc1-c1ccc3ncccc3c1[N+](=O)[O-])OCO2. The Hall–Kier alpha value is -3.75. The summed E-state index contributed by atoms with van der Waals surface area (Å²) in [5.41, 5.74) is 0.103. The Bertz CT molecular complexity index is 1050. The molecule has 0 saturated carbocycles. The molecule has 0 bridgehead atoms. The number of aromatic nitrogens is 1. The van der Waals surface area contributed by atoms with E-state index in [0.29, 0.717) is 16.7 Å². The molecule has 0 saturated heterocycles. The van der Waals surface area contributed by atoms with Crippen molar-refractivity contribution in [1.29, 1.82) is 0 Å². The Morgan fingerprint density at radius 3 is 2.44 bits per heavy atom. The van der Waals surface area contributed by atoms with Gasteiger partial charge in [0.05, 0.1) is 37.9 Å². The maximum atomic E-state index is 11.7. The average Bonchev–Trinajstić information content (AvgIpc) is 3.06. The van der Waals surface area contributed by atoms with Gasteiger partial charge < -0.3 is 9.47 Å². The van der Waals surface area contributed by atoms with E-state index >= 15 is 0 Å². The summed E-state index contributed by atoms with van der Waals surface area (Å²) in [6, 6.07) is 8.79. The van der Waals surface area contributed by atoms with Crippen LogP contribution in [0.3, 0.4) is 0 Å². The molecule has 1 aromatic heterocycles. The predicted molar refractivity (Wildman–Crippen MR) is 86.6 cm³/mol. The van der Waals surface area contributed by atoms with E-state index in [2.05, 4.69) is 4.98 Å². The Balaban J connectivity index is 2.07. The van der Waals surface area contributed by atoms with Crippen molar-refractivity contribution in [2.24, 2.45) is 0 Å². The molecule has 0 spiro atoms. The number of pyridine rings is 1. The van der Waals surface area contributed by atoms with Gasteiger partial charge in [-0.1, -0.05) is 0 Å². The van der Waals surface area contributed by atoms with Crippen LogP contribution in [-0.2, 0) is 0 Å². The number of rotatable bonds is 3. The smallest absolute Gasteiger partial charge is 0.286 e. The van der Waals surface area contributed by atoms with E-state index in [1.165, 1.54) is 24.4 Å². The number of nitro groups is 2. The molecular formula is C16H9N3O6. The van der Waals surface area contributed by atoms with E-state index in [4.69, 9.17) is 9.47 Å². The highest BCUT2D eigenvalue weighted by Gasteiger charge is 2.29. The third-order valence-electron chi connectivity index (χ3n) is 3.92. The van der Waals surface area contributed by atoms with Crippen molar-refractivity contribution in [2.75, 3.05) is 6.79 Å². The highest BCUT2D eigenvalue weighted by Crippen LogP contribution is 2.45. The second kappa shape index (κ2) is 5.41. The van der Waals surface area contributed by atoms with Gasteiger partial charge in [-0.25, -0.2) is 0 Å². The molecule has 0 radical (unpaired) electrons. The number of benzene rings is 2. The molecule has 3 aromatic rings. The van der Waals surface area contributed by atoms with Crippen LogP contribution in [0.2, 0.25) is 0 Å². The third kappa shape index (κ3) is 2.29. The summed E-state index contributed by atoms with van der Waals surface area (Å²) in [5, 5.41) is 23.4. The summed E-state index contributed by atoms with van der Waals surface area (Å²) >= 11 is 0. The molecule has 0 aliphatic carbocycles. The van der Waals surface area contributed by atoms with Crippen LogP contribution in [0.25, 0.3) is 22.0 Å². The van der Waals surface area contributed by atoms with Crippen LogP contribution in [0.15, 0.2) is 42.6 Å². The molecule has 0 N–H and O–H groups in total. The van der Waals surface area contributed by atoms with Gasteiger partial charge in [0.1, 0.15) is 0 Å². The van der Waals surface area contributed by atoms with Gasteiger partial charge in [-0.05, 0) is 30.3 Å². The van der Waals surface area contributed by atoms with Gasteiger partial charge in [0, 0.05) is 6.20 Å². The Kier molecular flexibility index (Phi) is 3.21. The zero-order chi connectivity index (χ0) is 17.6. The van der Waals surface area contributed by atoms with Gasteiger partial charge in [-0.3, -0.25) is 25.2 Å². The highest BCUT2D eigenvalue weighted by atomic mass is 16.7. The van der Waals surface area contributed by atoms with Crippen molar-refractivity contribution in [3.05, 3.63) is 62.8 Å². The number of nitro benzene ring substituents is 2. The molecule has 0 amide bonds. The predicted octanol–water partition coefficient (Wildman–Crippen LogP) is 3.45. The second-order valence-corrected chi connectivity index (χ2v) is 5.27. The monoisotopic (exact) mass is 339 g/mol. The molecule has 0 unspecified atom stereocenters. The molecule has 25 heavy (non-hydrogen) atoms. The van der Waals surface area contributed by atoms with E-state index in [1.54, 1.807) is 18.2 Å². The van der Waals surface area contributed by atoms with E-state index in [9.17, 15) is 20.2 Å². The first-order valence-electron chi connectivity index (χ1n) is 7.17. The second-order valence-electron chi connectivity index (χ2n) is 5.27. The minimum Gasteiger partial charge on any atom is -0.454 e. The molecule has 2 aromatic carbocycles. The van der Waals surface area contributed by atoms with E-state index in [1.807, 2.05) is 0 Å². The molecule has 1 aliphatic heterocycles. The van der Waals surface area contributed by atoms with Crippen LogP contribution in [0.1, 0.15) is 0 Å². The van der Waals surface area contributed by atoms with Crippen LogP contribution >= 0.6 is 0 Å². The van der Waals surface area contributed by atoms with E-state index in [-0.39, 0.29) is 35.0 Å². The fourth-order valence-corrected chi connectivity index (χ4v) is 2.85. The first-order valence-corrected chi connectivity index (χ1v) is 7.17. The van der Waals surface area contributed by atoms with Crippen LogP contribution in [0.4, 0.5) is 11.4 Å². The summed E-state index contributed by atoms with van der Waals surface area (Å²) in [6.07, 6.45) is 1.52. The molecule has 9 nitrogen and oxygen atoms in total. The lowest BCUT2D eigenvalue weighted by atomic mass is 9.98. The van der Waals surface area contributed by atoms with Gasteiger partial charge >= 0.3 is 0 Å². The lowest BCUT2D eigenvalue weighted by molar-refractivity contribution is -0.385. The van der Waals surface area contributed by atoms with Crippen molar-refractivity contribution in [3.8, 4) is 22.6 Å². The van der Waals surface area contributed by atoms with E-state index < -0.39 is 9.85 Å². The zero-order valence-corrected chi connectivity index (χ0v) is 12.5. The van der Waals surface area contributed by atoms with Gasteiger partial charge in [-0.2, -0.15) is 0 Å². The molecule has 124 valence electrons. The quantitative estimate of drug-likeness (QED) is 0.529. The van der Waals surface area contributed by atoms with Crippen LogP contribution < -0.4 is 9.47 Å². The number of hydrogen-bond acceptors (Lipinski definition) is 7. The maximum absolute atomic E-state index is 11.7. The molecule has 4 rings (SSSR count). The maximum Gasteiger partial charge on any atom is 0.286 e. The largest absolute Gasteiger partial charge is 0.454 e. The number of fused-ring (bicyclic) bond motifs is 2. The molecular weight excluding hydrogens is 330 g/mol. The number of nitrogens with zero attached hydrogens (tertiary/aromatic N) is 3. The summed E-state index contributed by atoms with van der Waals surface area (Å²) in [6.45, 7) is -0.0559. The number of hydrogen-bond donors (Lipinski definition) is 0. The van der Waals surface area contributed by atoms with Crippen molar-refractivity contribution < 1.29 is 19.3 Å². The fourth-order valence-electron chi connectivity index (χ4n) is 2.85. The number of ether oxygens (including phenoxy) is 2. The van der Waals surface area contributed by atoms with Crippen LogP contribution in [0.5, 0.6) is 11.5 Å². The minimum atomic E-state index is -0.603. The van der Waals surface area contributed by atoms with Crippen molar-refractivity contribution >= 4 is 22.3 Å². The summed E-state index contributed by atoms with van der Waals surface area (Å²) in [7, 11) is 0. The third-order valence-corrected chi connectivity index (χ3v) is 3.92. The first kappa shape index (κ1) is 14.8. The standard InChI is InChI=1S/C16H9N3O6/c20-18(21)13-7-15-14(24-8-25-15)6-11(13)9-3-4-12-10(2-1-5-17-12)16(9)19(22)23/h1-7H,8H2. The summed E-state index contributed by atoms with van der Waals surface area (Å²) in [4.78, 5) is 26.1. The highest BCUT2D eigenvalue weighted by molar-refractivity contribution is 5.98. The average molecular weight is 339 g/mol. The van der Waals surface area contributed by atoms with Gasteiger partial charge in [0.2, 0.25) is 6.79 Å².